The minimum Gasteiger partial charge on any atom is -0.478 e. The molecule has 4 aromatic rings. The molecule has 0 aliphatic heterocycles. The van der Waals surface area contributed by atoms with E-state index in [9.17, 15) is 9.90 Å². The topological polar surface area (TPSA) is 106 Å². The van der Waals surface area contributed by atoms with Crippen LogP contribution in [-0.4, -0.2) is 30.7 Å². The Morgan fingerprint density at radius 2 is 1.96 bits per heavy atom. The number of hydrogen-bond acceptors (Lipinski definition) is 5. The van der Waals surface area contributed by atoms with Crippen LogP contribution in [0.2, 0.25) is 0 Å². The maximum absolute atomic E-state index is 11.5. The second-order valence-electron chi connectivity index (χ2n) is 5.07. The molecular formula is C16H11N5O2. The highest BCUT2D eigenvalue weighted by Crippen LogP contribution is 2.23. The van der Waals surface area contributed by atoms with Gasteiger partial charge in [-0.05, 0) is 18.2 Å². The number of carboxylic acids is 1. The van der Waals surface area contributed by atoms with E-state index in [1.165, 1.54) is 10.6 Å². The van der Waals surface area contributed by atoms with Crippen molar-refractivity contribution >= 4 is 28.5 Å². The van der Waals surface area contributed by atoms with Crippen LogP contribution in [0.15, 0.2) is 48.7 Å². The zero-order chi connectivity index (χ0) is 16.0. The van der Waals surface area contributed by atoms with Crippen molar-refractivity contribution in [3.05, 3.63) is 54.2 Å². The van der Waals surface area contributed by atoms with E-state index >= 15 is 0 Å². The molecule has 0 radical (unpaired) electrons. The molecule has 3 heterocycles. The minimum atomic E-state index is -1.09. The minimum absolute atomic E-state index is 0.0242. The smallest absolute Gasteiger partial charge is 0.339 e. The van der Waals surface area contributed by atoms with Gasteiger partial charge >= 0.3 is 5.97 Å². The number of anilines is 1. The third kappa shape index (κ3) is 2.15. The summed E-state index contributed by atoms with van der Waals surface area (Å²) < 4.78 is 1.37. The number of nitrogens with two attached hydrogens (primary N) is 1. The van der Waals surface area contributed by atoms with E-state index in [0.29, 0.717) is 11.3 Å². The molecule has 0 amide bonds. The molecule has 4 rings (SSSR count). The summed E-state index contributed by atoms with van der Waals surface area (Å²) in [5.41, 5.74) is 7.93. The van der Waals surface area contributed by atoms with Crippen molar-refractivity contribution in [2.75, 3.05) is 5.73 Å². The molecule has 3 N–H and O–H groups in total. The highest BCUT2D eigenvalue weighted by molar-refractivity contribution is 5.96. The Labute approximate surface area is 130 Å². The van der Waals surface area contributed by atoms with Gasteiger partial charge in [0.2, 0.25) is 5.95 Å². The lowest BCUT2D eigenvalue weighted by atomic mass is 10.1. The summed E-state index contributed by atoms with van der Waals surface area (Å²) in [6.07, 6.45) is 1.67. The number of nitrogens with zero attached hydrogens (tertiary/aromatic N) is 4. The zero-order valence-electron chi connectivity index (χ0n) is 11.8. The van der Waals surface area contributed by atoms with Crippen molar-refractivity contribution < 1.29 is 9.90 Å². The summed E-state index contributed by atoms with van der Waals surface area (Å²) in [7, 11) is 0. The van der Waals surface area contributed by atoms with Crippen LogP contribution in [0.1, 0.15) is 10.4 Å². The van der Waals surface area contributed by atoms with Gasteiger partial charge in [0.15, 0.2) is 5.65 Å². The number of hydrogen-bond donors (Lipinski definition) is 2. The average molecular weight is 305 g/mol. The molecule has 112 valence electrons. The maximum atomic E-state index is 11.5. The second kappa shape index (κ2) is 4.77. The molecule has 0 unspecified atom stereocenters. The number of fused-ring (bicyclic) bond motifs is 2. The van der Waals surface area contributed by atoms with Crippen molar-refractivity contribution in [3.63, 3.8) is 0 Å². The van der Waals surface area contributed by atoms with Crippen LogP contribution in [0.3, 0.4) is 0 Å². The fourth-order valence-electron chi connectivity index (χ4n) is 2.53. The largest absolute Gasteiger partial charge is 0.478 e. The van der Waals surface area contributed by atoms with Gasteiger partial charge in [0.25, 0.3) is 0 Å². The van der Waals surface area contributed by atoms with Crippen LogP contribution >= 0.6 is 0 Å². The Morgan fingerprint density at radius 3 is 2.78 bits per heavy atom. The zero-order valence-corrected chi connectivity index (χ0v) is 11.8. The molecule has 0 atom stereocenters. The average Bonchev–Trinajstić information content (AvgIpc) is 2.93. The van der Waals surface area contributed by atoms with Gasteiger partial charge < -0.3 is 10.8 Å². The quantitative estimate of drug-likeness (QED) is 0.588. The predicted molar refractivity (Wildman–Crippen MR) is 85.1 cm³/mol. The predicted octanol–water partition coefficient (Wildman–Crippen LogP) is 2.22. The van der Waals surface area contributed by atoms with E-state index < -0.39 is 5.97 Å². The van der Waals surface area contributed by atoms with E-state index in [1.807, 2.05) is 36.4 Å². The first kappa shape index (κ1) is 13.2. The lowest BCUT2D eigenvalue weighted by molar-refractivity contribution is 0.0698. The Hall–Kier alpha value is -3.48. The highest BCUT2D eigenvalue weighted by Gasteiger charge is 2.15. The van der Waals surface area contributed by atoms with Gasteiger partial charge in [0.05, 0.1) is 11.2 Å². The molecule has 0 aliphatic rings. The number of nitrogen functional groups attached to an aromatic ring is 1. The number of rotatable bonds is 2. The number of carboxylic acid groups (broad SMARTS) is 1. The lowest BCUT2D eigenvalue weighted by Crippen LogP contribution is -2.03. The van der Waals surface area contributed by atoms with Gasteiger partial charge in [-0.15, -0.1) is 5.10 Å². The fourth-order valence-corrected chi connectivity index (χ4v) is 2.53. The molecule has 0 bridgehead atoms. The standard InChI is InChI=1S/C16H11N5O2/c17-16-19-14-11(15(22)23)7-10(8-21(14)20-16)13-6-5-9-3-1-2-4-12(9)18-13/h1-8H,(H2,17,20)(H,22,23). The molecule has 0 aliphatic carbocycles. The van der Waals surface area contributed by atoms with Crippen molar-refractivity contribution in [1.82, 2.24) is 19.6 Å². The number of aromatic nitrogens is 4. The van der Waals surface area contributed by atoms with E-state index in [1.54, 1.807) is 6.20 Å². The molecule has 1 aromatic carbocycles. The molecule has 23 heavy (non-hydrogen) atoms. The number of aromatic carboxylic acids is 1. The summed E-state index contributed by atoms with van der Waals surface area (Å²) in [5, 5.41) is 14.4. The summed E-state index contributed by atoms with van der Waals surface area (Å²) >= 11 is 0. The number of para-hydroxylation sites is 1. The Kier molecular flexibility index (Phi) is 2.74. The Morgan fingerprint density at radius 1 is 1.13 bits per heavy atom. The van der Waals surface area contributed by atoms with Gasteiger partial charge in [0.1, 0.15) is 5.56 Å². The first-order valence-electron chi connectivity index (χ1n) is 6.87. The van der Waals surface area contributed by atoms with Gasteiger partial charge in [-0.2, -0.15) is 4.98 Å². The van der Waals surface area contributed by atoms with Gasteiger partial charge in [0, 0.05) is 17.1 Å². The first-order chi connectivity index (χ1) is 11.1. The van der Waals surface area contributed by atoms with Crippen LogP contribution < -0.4 is 5.73 Å². The Balaban J connectivity index is 1.97. The van der Waals surface area contributed by atoms with Crippen LogP contribution in [-0.2, 0) is 0 Å². The number of benzene rings is 1. The normalized spacial score (nSPS) is 11.1. The van der Waals surface area contributed by atoms with Crippen molar-refractivity contribution in [1.29, 1.82) is 0 Å². The summed E-state index contributed by atoms with van der Waals surface area (Å²) in [6, 6.07) is 13.0. The van der Waals surface area contributed by atoms with Crippen molar-refractivity contribution in [3.8, 4) is 11.3 Å². The van der Waals surface area contributed by atoms with Crippen LogP contribution in [0.25, 0.3) is 27.8 Å². The molecule has 7 nitrogen and oxygen atoms in total. The number of carbonyl (C=O) groups is 1. The third-order valence-corrected chi connectivity index (χ3v) is 3.57. The number of pyridine rings is 2. The van der Waals surface area contributed by atoms with Crippen molar-refractivity contribution in [2.45, 2.75) is 0 Å². The van der Waals surface area contributed by atoms with Crippen LogP contribution in [0.5, 0.6) is 0 Å². The highest BCUT2D eigenvalue weighted by atomic mass is 16.4. The second-order valence-corrected chi connectivity index (χ2v) is 5.07. The summed E-state index contributed by atoms with van der Waals surface area (Å²) in [4.78, 5) is 20.0. The van der Waals surface area contributed by atoms with Crippen LogP contribution in [0.4, 0.5) is 5.95 Å². The summed E-state index contributed by atoms with van der Waals surface area (Å²) in [5.74, 6) is -1.07. The molecule has 7 heteroatoms. The molecular weight excluding hydrogens is 294 g/mol. The lowest BCUT2D eigenvalue weighted by Gasteiger charge is -2.05. The Bertz CT molecular complexity index is 1070. The molecule has 0 fully saturated rings. The van der Waals surface area contributed by atoms with Crippen LogP contribution in [0, 0.1) is 0 Å². The fraction of sp³-hybridized carbons (Fsp3) is 0. The summed E-state index contributed by atoms with van der Waals surface area (Å²) in [6.45, 7) is 0. The van der Waals surface area contributed by atoms with E-state index in [2.05, 4.69) is 15.1 Å². The van der Waals surface area contributed by atoms with Gasteiger partial charge in [-0.25, -0.2) is 14.3 Å². The maximum Gasteiger partial charge on any atom is 0.339 e. The molecule has 3 aromatic heterocycles. The third-order valence-electron chi connectivity index (χ3n) is 3.57. The van der Waals surface area contributed by atoms with Gasteiger partial charge in [-0.3, -0.25) is 0 Å². The molecule has 0 saturated heterocycles. The SMILES string of the molecule is Nc1nc2c(C(=O)O)cc(-c3ccc4ccccc4n3)cn2n1. The molecule has 0 spiro atoms. The first-order valence-corrected chi connectivity index (χ1v) is 6.87. The van der Waals surface area contributed by atoms with E-state index in [0.717, 1.165) is 10.9 Å². The van der Waals surface area contributed by atoms with E-state index in [4.69, 9.17) is 5.73 Å². The van der Waals surface area contributed by atoms with E-state index in [-0.39, 0.29) is 17.2 Å². The van der Waals surface area contributed by atoms with Crippen molar-refractivity contribution in [2.24, 2.45) is 0 Å². The molecule has 0 saturated carbocycles. The monoisotopic (exact) mass is 305 g/mol. The van der Waals surface area contributed by atoms with Gasteiger partial charge in [-0.1, -0.05) is 24.3 Å².